The first kappa shape index (κ1) is 12.9. The summed E-state index contributed by atoms with van der Waals surface area (Å²) in [6.07, 6.45) is 8.72. The molecule has 0 aromatic heterocycles. The van der Waals surface area contributed by atoms with Crippen molar-refractivity contribution in [2.24, 2.45) is 11.7 Å². The van der Waals surface area contributed by atoms with E-state index in [1.165, 1.54) is 50.7 Å². The molecule has 0 spiro atoms. The lowest BCUT2D eigenvalue weighted by molar-refractivity contribution is 0.0901. The van der Waals surface area contributed by atoms with Gasteiger partial charge in [0, 0.05) is 24.1 Å². The smallest absolute Gasteiger partial charge is 0.127 e. The molecule has 3 rings (SSSR count). The number of ether oxygens (including phenoxy) is 1. The highest BCUT2D eigenvalue weighted by molar-refractivity contribution is 5.38. The third-order valence-electron chi connectivity index (χ3n) is 4.57. The minimum absolute atomic E-state index is 0.0161. The second kappa shape index (κ2) is 5.49. The van der Waals surface area contributed by atoms with E-state index >= 15 is 0 Å². The molecule has 0 radical (unpaired) electrons. The molecule has 2 nitrogen and oxygen atoms in total. The van der Waals surface area contributed by atoms with Crippen molar-refractivity contribution in [2.45, 2.75) is 57.1 Å². The number of rotatable bonds is 1. The fourth-order valence-electron chi connectivity index (χ4n) is 3.48. The average molecular weight is 263 g/mol. The van der Waals surface area contributed by atoms with E-state index in [1.807, 2.05) is 0 Å². The van der Waals surface area contributed by atoms with Crippen LogP contribution in [0.4, 0.5) is 4.39 Å². The van der Waals surface area contributed by atoms with E-state index < -0.39 is 0 Å². The molecule has 1 aromatic carbocycles. The Kier molecular flexibility index (Phi) is 3.74. The molecule has 1 fully saturated rings. The molecule has 19 heavy (non-hydrogen) atoms. The van der Waals surface area contributed by atoms with Gasteiger partial charge in [-0.3, -0.25) is 0 Å². The van der Waals surface area contributed by atoms with Gasteiger partial charge in [0.05, 0.1) is 0 Å². The van der Waals surface area contributed by atoms with Crippen LogP contribution in [-0.2, 0) is 0 Å². The van der Waals surface area contributed by atoms with Gasteiger partial charge in [0.2, 0.25) is 0 Å². The highest BCUT2D eigenvalue weighted by atomic mass is 19.1. The summed E-state index contributed by atoms with van der Waals surface area (Å²) in [6.45, 7) is 0. The maximum absolute atomic E-state index is 13.3. The molecule has 1 aliphatic heterocycles. The van der Waals surface area contributed by atoms with Crippen LogP contribution in [-0.4, -0.2) is 6.10 Å². The number of fused-ring (bicyclic) bond motifs is 1. The van der Waals surface area contributed by atoms with Gasteiger partial charge in [-0.25, -0.2) is 4.39 Å². The summed E-state index contributed by atoms with van der Waals surface area (Å²) in [6, 6.07) is 4.70. The van der Waals surface area contributed by atoms with E-state index in [9.17, 15) is 4.39 Å². The summed E-state index contributed by atoms with van der Waals surface area (Å²) >= 11 is 0. The minimum atomic E-state index is -0.243. The van der Waals surface area contributed by atoms with Crippen molar-refractivity contribution in [1.29, 1.82) is 0 Å². The molecule has 2 aliphatic rings. The number of benzene rings is 1. The third-order valence-corrected chi connectivity index (χ3v) is 4.57. The first-order valence-electron chi connectivity index (χ1n) is 7.46. The molecular formula is C16H22FNO. The predicted octanol–water partition coefficient (Wildman–Crippen LogP) is 3.95. The van der Waals surface area contributed by atoms with Gasteiger partial charge < -0.3 is 10.5 Å². The van der Waals surface area contributed by atoms with E-state index in [-0.39, 0.29) is 18.0 Å². The molecule has 1 saturated carbocycles. The molecule has 1 heterocycles. The van der Waals surface area contributed by atoms with Crippen molar-refractivity contribution in [2.75, 3.05) is 0 Å². The fourth-order valence-corrected chi connectivity index (χ4v) is 3.48. The predicted molar refractivity (Wildman–Crippen MR) is 73.6 cm³/mol. The van der Waals surface area contributed by atoms with Gasteiger partial charge in [0.1, 0.15) is 17.7 Å². The Bertz CT molecular complexity index is 440. The fraction of sp³-hybridized carbons (Fsp3) is 0.625. The van der Waals surface area contributed by atoms with Crippen molar-refractivity contribution in [1.82, 2.24) is 0 Å². The van der Waals surface area contributed by atoms with E-state index in [4.69, 9.17) is 10.5 Å². The summed E-state index contributed by atoms with van der Waals surface area (Å²) in [5.74, 6) is 1.01. The molecule has 0 amide bonds. The van der Waals surface area contributed by atoms with Crippen LogP contribution in [0.25, 0.3) is 0 Å². The summed E-state index contributed by atoms with van der Waals surface area (Å²) in [5, 5.41) is 0. The summed E-state index contributed by atoms with van der Waals surface area (Å²) in [4.78, 5) is 0. The summed E-state index contributed by atoms with van der Waals surface area (Å²) in [7, 11) is 0. The van der Waals surface area contributed by atoms with Gasteiger partial charge >= 0.3 is 0 Å². The number of hydrogen-bond acceptors (Lipinski definition) is 2. The highest BCUT2D eigenvalue weighted by Crippen LogP contribution is 2.39. The Morgan fingerprint density at radius 2 is 1.84 bits per heavy atom. The van der Waals surface area contributed by atoms with E-state index in [2.05, 4.69) is 0 Å². The Morgan fingerprint density at radius 1 is 1.11 bits per heavy atom. The van der Waals surface area contributed by atoms with Crippen LogP contribution in [0.5, 0.6) is 5.75 Å². The van der Waals surface area contributed by atoms with Gasteiger partial charge in [-0.1, -0.05) is 31.7 Å². The number of halogens is 1. The van der Waals surface area contributed by atoms with Gasteiger partial charge in [-0.15, -0.1) is 0 Å². The molecular weight excluding hydrogens is 241 g/mol. The van der Waals surface area contributed by atoms with Gasteiger partial charge in [0.15, 0.2) is 0 Å². The zero-order valence-corrected chi connectivity index (χ0v) is 11.3. The molecule has 2 unspecified atom stereocenters. The molecule has 1 aromatic rings. The van der Waals surface area contributed by atoms with E-state index in [0.717, 1.165) is 12.0 Å². The standard InChI is InChI=1S/C16H22FNO/c17-12-7-8-13-14(18)10-15(19-16(13)9-12)11-5-3-1-2-4-6-11/h7-9,11,14-15H,1-6,10,18H2. The molecule has 1 aliphatic carbocycles. The molecule has 2 N–H and O–H groups in total. The van der Waals surface area contributed by atoms with Gasteiger partial charge in [-0.05, 0) is 24.8 Å². The Hall–Kier alpha value is -1.09. The van der Waals surface area contributed by atoms with Crippen molar-refractivity contribution >= 4 is 0 Å². The first-order chi connectivity index (χ1) is 9.24. The van der Waals surface area contributed by atoms with E-state index in [0.29, 0.717) is 11.7 Å². The van der Waals surface area contributed by atoms with Crippen molar-refractivity contribution < 1.29 is 9.13 Å². The SMILES string of the molecule is NC1CC(C2CCCCCC2)Oc2cc(F)ccc21. The molecule has 104 valence electrons. The zero-order chi connectivity index (χ0) is 13.2. The average Bonchev–Trinajstić information content (AvgIpc) is 2.66. The topological polar surface area (TPSA) is 35.2 Å². The second-order valence-electron chi connectivity index (χ2n) is 5.93. The first-order valence-corrected chi connectivity index (χ1v) is 7.46. The highest BCUT2D eigenvalue weighted by Gasteiger charge is 2.32. The maximum Gasteiger partial charge on any atom is 0.127 e. The van der Waals surface area contributed by atoms with Crippen LogP contribution in [0.2, 0.25) is 0 Å². The minimum Gasteiger partial charge on any atom is -0.490 e. The maximum atomic E-state index is 13.3. The Morgan fingerprint density at radius 3 is 2.58 bits per heavy atom. The monoisotopic (exact) mass is 263 g/mol. The van der Waals surface area contributed by atoms with Crippen LogP contribution in [0.1, 0.15) is 56.6 Å². The molecule has 0 bridgehead atoms. The summed E-state index contributed by atoms with van der Waals surface area (Å²) in [5.41, 5.74) is 7.18. The van der Waals surface area contributed by atoms with Crippen molar-refractivity contribution in [3.05, 3.63) is 29.6 Å². The van der Waals surface area contributed by atoms with Crippen LogP contribution in [0.15, 0.2) is 18.2 Å². The normalized spacial score (nSPS) is 28.3. The van der Waals surface area contributed by atoms with Crippen LogP contribution >= 0.6 is 0 Å². The van der Waals surface area contributed by atoms with Gasteiger partial charge in [0.25, 0.3) is 0 Å². The lowest BCUT2D eigenvalue weighted by Gasteiger charge is -2.35. The second-order valence-corrected chi connectivity index (χ2v) is 5.93. The quantitative estimate of drug-likeness (QED) is 0.779. The van der Waals surface area contributed by atoms with Gasteiger partial charge in [-0.2, -0.15) is 0 Å². The molecule has 3 heteroatoms. The molecule has 0 saturated heterocycles. The van der Waals surface area contributed by atoms with Crippen LogP contribution < -0.4 is 10.5 Å². The van der Waals surface area contributed by atoms with Crippen molar-refractivity contribution in [3.8, 4) is 5.75 Å². The van der Waals surface area contributed by atoms with E-state index in [1.54, 1.807) is 6.07 Å². The Balaban J connectivity index is 1.79. The van der Waals surface area contributed by atoms with Crippen LogP contribution in [0, 0.1) is 11.7 Å². The third kappa shape index (κ3) is 2.76. The zero-order valence-electron chi connectivity index (χ0n) is 11.3. The van der Waals surface area contributed by atoms with Crippen LogP contribution in [0.3, 0.4) is 0 Å². The Labute approximate surface area is 114 Å². The van der Waals surface area contributed by atoms with Crippen molar-refractivity contribution in [3.63, 3.8) is 0 Å². The lowest BCUT2D eigenvalue weighted by Crippen LogP contribution is -2.35. The lowest BCUT2D eigenvalue weighted by atomic mass is 9.86. The number of nitrogens with two attached hydrogens (primary N) is 1. The largest absolute Gasteiger partial charge is 0.490 e. The molecule has 2 atom stereocenters. The summed E-state index contributed by atoms with van der Waals surface area (Å²) < 4.78 is 19.4. The number of hydrogen-bond donors (Lipinski definition) is 1.